The highest BCUT2D eigenvalue weighted by Crippen LogP contribution is 2.38. The van der Waals surface area contributed by atoms with Gasteiger partial charge in [0.15, 0.2) is 0 Å². The molecule has 134 valence electrons. The van der Waals surface area contributed by atoms with E-state index in [4.69, 9.17) is 0 Å². The first-order chi connectivity index (χ1) is 11.6. The molecule has 0 amide bonds. The molecule has 1 aliphatic rings. The molecule has 4 heteroatoms. The van der Waals surface area contributed by atoms with Crippen LogP contribution in [0.4, 0.5) is 13.2 Å². The van der Waals surface area contributed by atoms with Gasteiger partial charge in [-0.25, -0.2) is 0 Å². The molecule has 0 N–H and O–H groups in total. The van der Waals surface area contributed by atoms with Crippen LogP contribution in [0.2, 0.25) is 0 Å². The summed E-state index contributed by atoms with van der Waals surface area (Å²) in [6.07, 6.45) is 9.10. The highest BCUT2D eigenvalue weighted by Gasteiger charge is 2.22. The predicted molar refractivity (Wildman–Crippen MR) is 90.9 cm³/mol. The van der Waals surface area contributed by atoms with Gasteiger partial charge in [0.2, 0.25) is 0 Å². The maximum atomic E-state index is 12.8. The van der Waals surface area contributed by atoms with Crippen molar-refractivity contribution in [2.24, 2.45) is 5.92 Å². The molecular weight excluding hydrogens is 313 g/mol. The number of halogens is 3. The Morgan fingerprint density at radius 1 is 0.958 bits per heavy atom. The van der Waals surface area contributed by atoms with Gasteiger partial charge in [0.25, 0.3) is 0 Å². The van der Waals surface area contributed by atoms with Gasteiger partial charge in [0, 0.05) is 0 Å². The fraction of sp³-hybridized carbons (Fsp3) is 0.600. The molecule has 1 saturated carbocycles. The van der Waals surface area contributed by atoms with Crippen LogP contribution in [-0.4, -0.2) is 0 Å². The van der Waals surface area contributed by atoms with Crippen LogP contribution in [0, 0.1) is 5.92 Å². The Balaban J connectivity index is 1.78. The van der Waals surface area contributed by atoms with Crippen LogP contribution >= 0.6 is 0 Å². The first kappa shape index (κ1) is 18.9. The van der Waals surface area contributed by atoms with Crippen molar-refractivity contribution < 1.29 is 17.9 Å². The summed E-state index contributed by atoms with van der Waals surface area (Å²) in [5.41, 5.74) is 1.19. The third kappa shape index (κ3) is 5.88. The summed E-state index contributed by atoms with van der Waals surface area (Å²) in [7, 11) is 0. The van der Waals surface area contributed by atoms with Crippen LogP contribution in [0.15, 0.2) is 36.4 Å². The summed E-state index contributed by atoms with van der Waals surface area (Å²) < 4.78 is 41.3. The van der Waals surface area contributed by atoms with Crippen LogP contribution in [0.25, 0.3) is 0 Å². The van der Waals surface area contributed by atoms with Crippen molar-refractivity contribution in [2.45, 2.75) is 70.6 Å². The molecule has 0 aromatic heterocycles. The Kier molecular flexibility index (Phi) is 7.67. The molecule has 1 aromatic rings. The lowest BCUT2D eigenvalue weighted by Crippen LogP contribution is -2.13. The second-order valence-electron chi connectivity index (χ2n) is 6.77. The summed E-state index contributed by atoms with van der Waals surface area (Å²) in [4.78, 5) is 0. The highest BCUT2D eigenvalue weighted by molar-refractivity contribution is 5.30. The maximum absolute atomic E-state index is 12.8. The summed E-state index contributed by atoms with van der Waals surface area (Å²) in [5.74, 6) is 1.48. The van der Waals surface area contributed by atoms with E-state index in [1.165, 1.54) is 63.4 Å². The summed E-state index contributed by atoms with van der Waals surface area (Å²) in [6.45, 7) is 2.24. The first-order valence-electron chi connectivity index (χ1n) is 9.08. The zero-order valence-electron chi connectivity index (χ0n) is 14.4. The Morgan fingerprint density at radius 2 is 1.62 bits per heavy atom. The Labute approximate surface area is 142 Å². The third-order valence-electron chi connectivity index (χ3n) is 5.02. The minimum atomic E-state index is -2.43. The molecule has 0 bridgehead atoms. The average molecular weight is 340 g/mol. The largest absolute Gasteiger partial charge is 0.428 e. The van der Waals surface area contributed by atoms with E-state index in [-0.39, 0.29) is 5.75 Å². The van der Waals surface area contributed by atoms with Crippen LogP contribution in [0.1, 0.15) is 76.2 Å². The van der Waals surface area contributed by atoms with Crippen LogP contribution < -0.4 is 4.74 Å². The minimum Gasteiger partial charge on any atom is -0.428 e. The van der Waals surface area contributed by atoms with Gasteiger partial charge in [-0.2, -0.15) is 13.2 Å². The number of unbranched alkanes of at least 4 members (excludes halogenated alkanes) is 3. The van der Waals surface area contributed by atoms with Crippen LogP contribution in [0.5, 0.6) is 5.75 Å². The lowest BCUT2D eigenvalue weighted by atomic mass is 9.77. The molecule has 1 fully saturated rings. The second-order valence-corrected chi connectivity index (χ2v) is 6.77. The first-order valence-corrected chi connectivity index (χ1v) is 9.08. The molecule has 0 spiro atoms. The highest BCUT2D eigenvalue weighted by atomic mass is 19.3. The summed E-state index contributed by atoms with van der Waals surface area (Å²) >= 11 is 0. The van der Waals surface area contributed by atoms with Gasteiger partial charge in [-0.05, 0) is 55.2 Å². The van der Waals surface area contributed by atoms with E-state index >= 15 is 0 Å². The Bertz CT molecular complexity index is 512. The molecule has 1 nitrogen and oxygen atoms in total. The van der Waals surface area contributed by atoms with Gasteiger partial charge >= 0.3 is 12.1 Å². The maximum Gasteiger partial charge on any atom is 0.344 e. The molecular formula is C20H27F3O. The zero-order valence-corrected chi connectivity index (χ0v) is 14.4. The smallest absolute Gasteiger partial charge is 0.344 e. The monoisotopic (exact) mass is 340 g/mol. The molecule has 0 saturated heterocycles. The fourth-order valence-electron chi connectivity index (χ4n) is 3.59. The van der Waals surface area contributed by atoms with Crippen molar-refractivity contribution in [1.29, 1.82) is 0 Å². The van der Waals surface area contributed by atoms with E-state index in [1.54, 1.807) is 12.1 Å². The van der Waals surface area contributed by atoms with Crippen molar-refractivity contribution in [2.75, 3.05) is 0 Å². The number of hydrogen-bond acceptors (Lipinski definition) is 1. The molecule has 0 heterocycles. The second kappa shape index (κ2) is 9.75. The molecule has 1 aliphatic carbocycles. The molecule has 0 aliphatic heterocycles. The van der Waals surface area contributed by atoms with Gasteiger partial charge in [-0.3, -0.25) is 0 Å². The fourth-order valence-corrected chi connectivity index (χ4v) is 3.59. The number of rotatable bonds is 8. The SMILES string of the molecule is CCCCCCC1CCC(c2ccc(OC(F)=C(F)F)cc2)CC1. The number of benzene rings is 1. The minimum absolute atomic E-state index is 0.105. The van der Waals surface area contributed by atoms with Crippen molar-refractivity contribution in [3.63, 3.8) is 0 Å². The standard InChI is InChI=1S/C20H27F3O/c1-2-3-4-5-6-15-7-9-16(10-8-15)17-11-13-18(14-12-17)24-20(23)19(21)22/h11-16H,2-10H2,1H3. The van der Waals surface area contributed by atoms with Gasteiger partial charge in [0.05, 0.1) is 0 Å². The molecule has 2 rings (SSSR count). The summed E-state index contributed by atoms with van der Waals surface area (Å²) in [5, 5.41) is 0. The van der Waals surface area contributed by atoms with Crippen molar-refractivity contribution >= 4 is 0 Å². The van der Waals surface area contributed by atoms with Gasteiger partial charge in [-0.15, -0.1) is 0 Å². The lowest BCUT2D eigenvalue weighted by molar-refractivity contribution is 0.241. The van der Waals surface area contributed by atoms with Crippen LogP contribution in [-0.2, 0) is 0 Å². The molecule has 24 heavy (non-hydrogen) atoms. The quantitative estimate of drug-likeness (QED) is 0.355. The van der Waals surface area contributed by atoms with E-state index in [2.05, 4.69) is 11.7 Å². The van der Waals surface area contributed by atoms with E-state index in [0.29, 0.717) is 5.92 Å². The summed E-state index contributed by atoms with van der Waals surface area (Å²) in [6, 6.07) is 5.03. The van der Waals surface area contributed by atoms with E-state index in [0.717, 1.165) is 5.92 Å². The topological polar surface area (TPSA) is 9.23 Å². The average Bonchev–Trinajstić information content (AvgIpc) is 2.60. The third-order valence-corrected chi connectivity index (χ3v) is 5.02. The zero-order chi connectivity index (χ0) is 17.4. The van der Waals surface area contributed by atoms with Crippen molar-refractivity contribution in [3.05, 3.63) is 41.9 Å². The molecule has 0 unspecified atom stereocenters. The van der Waals surface area contributed by atoms with E-state index in [1.807, 2.05) is 12.1 Å². The Hall–Kier alpha value is -1.45. The van der Waals surface area contributed by atoms with Crippen molar-refractivity contribution in [3.8, 4) is 5.75 Å². The Morgan fingerprint density at radius 3 is 2.21 bits per heavy atom. The van der Waals surface area contributed by atoms with Crippen LogP contribution in [0.3, 0.4) is 0 Å². The number of hydrogen-bond donors (Lipinski definition) is 0. The molecule has 0 radical (unpaired) electrons. The molecule has 0 atom stereocenters. The van der Waals surface area contributed by atoms with Gasteiger partial charge in [-0.1, -0.05) is 51.2 Å². The number of ether oxygens (including phenoxy) is 1. The van der Waals surface area contributed by atoms with E-state index in [9.17, 15) is 13.2 Å². The van der Waals surface area contributed by atoms with Gasteiger partial charge in [0.1, 0.15) is 5.75 Å². The van der Waals surface area contributed by atoms with E-state index < -0.39 is 12.1 Å². The predicted octanol–water partition coefficient (Wildman–Crippen LogP) is 7.34. The normalized spacial score (nSPS) is 20.7. The van der Waals surface area contributed by atoms with Gasteiger partial charge < -0.3 is 4.74 Å². The molecule has 1 aromatic carbocycles. The van der Waals surface area contributed by atoms with Crippen molar-refractivity contribution in [1.82, 2.24) is 0 Å². The lowest BCUT2D eigenvalue weighted by Gasteiger charge is -2.29.